The van der Waals surface area contributed by atoms with E-state index in [-0.39, 0.29) is 11.5 Å². The van der Waals surface area contributed by atoms with E-state index in [4.69, 9.17) is 9.47 Å². The number of hydrogen-bond donors (Lipinski definition) is 0. The van der Waals surface area contributed by atoms with Crippen molar-refractivity contribution in [3.63, 3.8) is 0 Å². The van der Waals surface area contributed by atoms with E-state index in [2.05, 4.69) is 6.07 Å². The predicted octanol–water partition coefficient (Wildman–Crippen LogP) is 3.32. The fraction of sp³-hybridized carbons (Fsp3) is 0.292. The molecule has 5 rings (SSSR count). The van der Waals surface area contributed by atoms with Crippen LogP contribution in [0.4, 0.5) is 0 Å². The number of carbonyl (C=O) groups excluding carboxylic acids is 1. The molecule has 0 unspecified atom stereocenters. The van der Waals surface area contributed by atoms with Crippen molar-refractivity contribution < 1.29 is 22.7 Å². The van der Waals surface area contributed by atoms with Crippen LogP contribution in [-0.4, -0.2) is 45.0 Å². The second-order valence-electron chi connectivity index (χ2n) is 7.85. The zero-order valence-corrected chi connectivity index (χ0v) is 17.9. The SMILES string of the molecule is O=C(OCc1cccc(S(=O)(=O)N2CCOCC2)c1)c1ccc2c3c(cccc13)CC2. The van der Waals surface area contributed by atoms with E-state index in [1.165, 1.54) is 15.4 Å². The Morgan fingerprint density at radius 1 is 0.968 bits per heavy atom. The first kappa shape index (κ1) is 20.2. The van der Waals surface area contributed by atoms with E-state index >= 15 is 0 Å². The Bertz CT molecular complexity index is 1250. The molecule has 0 bridgehead atoms. The van der Waals surface area contributed by atoms with Crippen LogP contribution >= 0.6 is 0 Å². The number of morpholine rings is 1. The molecule has 0 aromatic heterocycles. The monoisotopic (exact) mass is 437 g/mol. The Morgan fingerprint density at radius 2 is 1.71 bits per heavy atom. The average molecular weight is 438 g/mol. The topological polar surface area (TPSA) is 72.9 Å². The molecule has 160 valence electrons. The number of rotatable bonds is 5. The second-order valence-corrected chi connectivity index (χ2v) is 9.79. The van der Waals surface area contributed by atoms with Crippen LogP contribution in [0.2, 0.25) is 0 Å². The van der Waals surface area contributed by atoms with Gasteiger partial charge in [-0.1, -0.05) is 36.4 Å². The molecule has 6 nitrogen and oxygen atoms in total. The second kappa shape index (κ2) is 8.07. The fourth-order valence-corrected chi connectivity index (χ4v) is 5.86. The van der Waals surface area contributed by atoms with Gasteiger partial charge in [0.25, 0.3) is 0 Å². The van der Waals surface area contributed by atoms with Gasteiger partial charge in [-0.3, -0.25) is 0 Å². The number of hydrogen-bond acceptors (Lipinski definition) is 5. The Kier molecular flexibility index (Phi) is 5.25. The first-order valence-electron chi connectivity index (χ1n) is 10.4. The first-order chi connectivity index (χ1) is 15.0. The standard InChI is InChI=1S/C24H23NO5S/c26-24(22-10-9-19-8-7-18-4-2-6-21(22)23(18)19)30-16-17-3-1-5-20(15-17)31(27,28)25-11-13-29-14-12-25/h1-6,9-10,15H,7-8,11-14,16H2. The minimum Gasteiger partial charge on any atom is -0.457 e. The number of nitrogens with zero attached hydrogens (tertiary/aromatic N) is 1. The highest BCUT2D eigenvalue weighted by Crippen LogP contribution is 2.33. The van der Waals surface area contributed by atoms with Gasteiger partial charge in [0.15, 0.2) is 0 Å². The van der Waals surface area contributed by atoms with Crippen molar-refractivity contribution in [2.75, 3.05) is 26.3 Å². The Morgan fingerprint density at radius 3 is 2.52 bits per heavy atom. The minimum atomic E-state index is -3.59. The normalized spacial score (nSPS) is 16.5. The number of aryl methyl sites for hydroxylation is 2. The molecule has 7 heteroatoms. The number of benzene rings is 3. The first-order valence-corrected chi connectivity index (χ1v) is 11.9. The number of carbonyl (C=O) groups is 1. The van der Waals surface area contributed by atoms with Crippen molar-refractivity contribution in [1.29, 1.82) is 0 Å². The third kappa shape index (κ3) is 3.73. The quantitative estimate of drug-likeness (QED) is 0.573. The van der Waals surface area contributed by atoms with E-state index < -0.39 is 16.0 Å². The highest BCUT2D eigenvalue weighted by molar-refractivity contribution is 7.89. The van der Waals surface area contributed by atoms with Crippen molar-refractivity contribution in [2.24, 2.45) is 0 Å². The fourth-order valence-electron chi connectivity index (χ4n) is 4.38. The summed E-state index contributed by atoms with van der Waals surface area (Å²) in [6.07, 6.45) is 1.99. The van der Waals surface area contributed by atoms with Gasteiger partial charge in [0.05, 0.1) is 23.7 Å². The van der Waals surface area contributed by atoms with Gasteiger partial charge in [0, 0.05) is 13.1 Å². The van der Waals surface area contributed by atoms with Gasteiger partial charge in [0.1, 0.15) is 6.61 Å². The third-order valence-electron chi connectivity index (χ3n) is 5.97. The van der Waals surface area contributed by atoms with Crippen molar-refractivity contribution in [1.82, 2.24) is 4.31 Å². The number of esters is 1. The molecule has 0 saturated carbocycles. The summed E-state index contributed by atoms with van der Waals surface area (Å²) in [6, 6.07) is 16.5. The molecule has 1 aliphatic heterocycles. The molecule has 1 aliphatic carbocycles. The van der Waals surface area contributed by atoms with Crippen molar-refractivity contribution in [3.05, 3.63) is 76.9 Å². The minimum absolute atomic E-state index is 0.00817. The Balaban J connectivity index is 1.35. The molecule has 0 amide bonds. The zero-order chi connectivity index (χ0) is 21.4. The average Bonchev–Trinajstić information content (AvgIpc) is 3.23. The van der Waals surface area contributed by atoms with Crippen LogP contribution in [0, 0.1) is 0 Å². The van der Waals surface area contributed by atoms with Crippen molar-refractivity contribution in [2.45, 2.75) is 24.3 Å². The van der Waals surface area contributed by atoms with Gasteiger partial charge in [-0.15, -0.1) is 0 Å². The van der Waals surface area contributed by atoms with Crippen molar-refractivity contribution >= 4 is 26.8 Å². The summed E-state index contributed by atoms with van der Waals surface area (Å²) in [4.78, 5) is 13.0. The van der Waals surface area contributed by atoms with Crippen LogP contribution in [0.3, 0.4) is 0 Å². The van der Waals surface area contributed by atoms with Crippen LogP contribution in [0.25, 0.3) is 10.8 Å². The molecular formula is C24H23NO5S. The molecule has 2 aliphatic rings. The summed E-state index contributed by atoms with van der Waals surface area (Å²) in [5.74, 6) is -0.406. The van der Waals surface area contributed by atoms with Crippen LogP contribution in [-0.2, 0) is 38.9 Å². The van der Waals surface area contributed by atoms with Gasteiger partial charge in [-0.05, 0) is 58.5 Å². The van der Waals surface area contributed by atoms with Crippen LogP contribution in [0.1, 0.15) is 27.0 Å². The molecule has 0 spiro atoms. The summed E-state index contributed by atoms with van der Waals surface area (Å²) in [5, 5.41) is 2.08. The van der Waals surface area contributed by atoms with Crippen LogP contribution in [0.15, 0.2) is 59.5 Å². The molecule has 1 heterocycles. The van der Waals surface area contributed by atoms with Gasteiger partial charge in [0.2, 0.25) is 10.0 Å². The van der Waals surface area contributed by atoms with Gasteiger partial charge >= 0.3 is 5.97 Å². The van der Waals surface area contributed by atoms with Crippen molar-refractivity contribution in [3.8, 4) is 0 Å². The predicted molar refractivity (Wildman–Crippen MR) is 116 cm³/mol. The molecule has 3 aromatic rings. The maximum absolute atomic E-state index is 12.9. The number of ether oxygens (including phenoxy) is 2. The van der Waals surface area contributed by atoms with Gasteiger partial charge in [-0.2, -0.15) is 4.31 Å². The highest BCUT2D eigenvalue weighted by atomic mass is 32.2. The summed E-state index contributed by atoms with van der Waals surface area (Å²) < 4.78 is 38.0. The molecule has 1 fully saturated rings. The van der Waals surface area contributed by atoms with Gasteiger partial charge in [-0.25, -0.2) is 13.2 Å². The zero-order valence-electron chi connectivity index (χ0n) is 17.0. The van der Waals surface area contributed by atoms with Crippen LogP contribution in [0.5, 0.6) is 0 Å². The molecule has 0 atom stereocenters. The summed E-state index contributed by atoms with van der Waals surface area (Å²) in [5.41, 5.74) is 3.71. The largest absolute Gasteiger partial charge is 0.457 e. The van der Waals surface area contributed by atoms with E-state index in [9.17, 15) is 13.2 Å². The van der Waals surface area contributed by atoms with Gasteiger partial charge < -0.3 is 9.47 Å². The molecule has 3 aromatic carbocycles. The third-order valence-corrected chi connectivity index (χ3v) is 7.87. The van der Waals surface area contributed by atoms with E-state index in [1.54, 1.807) is 24.3 Å². The van der Waals surface area contributed by atoms with Crippen LogP contribution < -0.4 is 0 Å². The molecule has 0 N–H and O–H groups in total. The molecular weight excluding hydrogens is 414 g/mol. The van der Waals surface area contributed by atoms with E-state index in [0.29, 0.717) is 37.4 Å². The smallest absolute Gasteiger partial charge is 0.339 e. The lowest BCUT2D eigenvalue weighted by molar-refractivity contribution is 0.0475. The molecule has 31 heavy (non-hydrogen) atoms. The molecule has 1 saturated heterocycles. The lowest BCUT2D eigenvalue weighted by Crippen LogP contribution is -2.40. The summed E-state index contributed by atoms with van der Waals surface area (Å²) in [6.45, 7) is 1.48. The lowest BCUT2D eigenvalue weighted by atomic mass is 10.00. The maximum Gasteiger partial charge on any atom is 0.339 e. The van der Waals surface area contributed by atoms with E-state index in [1.807, 2.05) is 24.3 Å². The number of sulfonamides is 1. The lowest BCUT2D eigenvalue weighted by Gasteiger charge is -2.26. The maximum atomic E-state index is 12.9. The molecule has 0 radical (unpaired) electrons. The Labute approximate surface area is 181 Å². The van der Waals surface area contributed by atoms with E-state index in [0.717, 1.165) is 23.6 Å². The summed E-state index contributed by atoms with van der Waals surface area (Å²) >= 11 is 0. The Hall–Kier alpha value is -2.74. The highest BCUT2D eigenvalue weighted by Gasteiger charge is 2.26. The summed E-state index contributed by atoms with van der Waals surface area (Å²) in [7, 11) is -3.59.